The van der Waals surface area contributed by atoms with Gasteiger partial charge in [0.05, 0.1) is 0 Å². The van der Waals surface area contributed by atoms with Crippen LogP contribution in [-0.4, -0.2) is 34.6 Å². The Hall–Kier alpha value is -0.120. The van der Waals surface area contributed by atoms with Crippen molar-refractivity contribution in [2.75, 3.05) is 12.8 Å². The van der Waals surface area contributed by atoms with Crippen molar-refractivity contribution >= 4 is 23.5 Å². The second-order valence-corrected chi connectivity index (χ2v) is 9.45. The van der Waals surface area contributed by atoms with E-state index in [1.54, 1.807) is 0 Å². The minimum Gasteiger partial charge on any atom is -0.316 e. The average Bonchev–Trinajstić information content (AvgIpc) is 2.48. The summed E-state index contributed by atoms with van der Waals surface area (Å²) in [7, 11) is 2.11. The molecule has 0 aliphatic carbocycles. The quantitative estimate of drug-likeness (QED) is 0.853. The van der Waals surface area contributed by atoms with Gasteiger partial charge in [0, 0.05) is 27.5 Å². The third kappa shape index (κ3) is 4.67. The molecule has 1 aromatic rings. The fraction of sp³-hybridized carbons (Fsp3) is 0.667. The van der Waals surface area contributed by atoms with Gasteiger partial charge in [0.15, 0.2) is 0 Å². The number of likely N-dealkylation sites (N-methyl/N-ethyl adjacent to an activating group) is 1. The normalized spacial score (nSPS) is 27.8. The standard InChI is InChI=1S/C18H29NS2/c1-12(2)16-8-6-15(7-9-16)10-17(19-5)18-11-20-13(3)14(4)21-18/h6-9,12-14,17-19H,10-11H2,1-5H3. The molecule has 1 nitrogen and oxygen atoms in total. The average molecular weight is 324 g/mol. The Kier molecular flexibility index (Phi) is 6.51. The van der Waals surface area contributed by atoms with Crippen molar-refractivity contribution in [1.29, 1.82) is 0 Å². The highest BCUT2D eigenvalue weighted by molar-refractivity contribution is 8.07. The van der Waals surface area contributed by atoms with Gasteiger partial charge in [-0.15, -0.1) is 0 Å². The van der Waals surface area contributed by atoms with E-state index in [4.69, 9.17) is 0 Å². The van der Waals surface area contributed by atoms with E-state index in [-0.39, 0.29) is 0 Å². The molecule has 0 radical (unpaired) electrons. The highest BCUT2D eigenvalue weighted by Gasteiger charge is 2.30. The molecule has 0 saturated carbocycles. The summed E-state index contributed by atoms with van der Waals surface area (Å²) in [5.74, 6) is 1.89. The largest absolute Gasteiger partial charge is 0.316 e. The molecule has 0 aromatic heterocycles. The maximum absolute atomic E-state index is 3.56. The summed E-state index contributed by atoms with van der Waals surface area (Å²) >= 11 is 4.31. The van der Waals surface area contributed by atoms with Gasteiger partial charge in [-0.2, -0.15) is 23.5 Å². The monoisotopic (exact) mass is 323 g/mol. The molecule has 0 amide bonds. The number of benzene rings is 1. The van der Waals surface area contributed by atoms with Gasteiger partial charge in [0.25, 0.3) is 0 Å². The molecule has 2 rings (SSSR count). The number of thioether (sulfide) groups is 2. The van der Waals surface area contributed by atoms with Crippen molar-refractivity contribution in [2.45, 2.75) is 61.8 Å². The van der Waals surface area contributed by atoms with Crippen molar-refractivity contribution in [1.82, 2.24) is 5.32 Å². The zero-order valence-corrected chi connectivity index (χ0v) is 15.6. The molecule has 0 bridgehead atoms. The fourth-order valence-corrected chi connectivity index (χ4v) is 5.90. The lowest BCUT2D eigenvalue weighted by Crippen LogP contribution is -2.43. The minimum atomic E-state index is 0.572. The summed E-state index contributed by atoms with van der Waals surface area (Å²) < 4.78 is 0. The summed E-state index contributed by atoms with van der Waals surface area (Å²) in [5, 5.41) is 5.82. The van der Waals surface area contributed by atoms with Crippen LogP contribution in [0.2, 0.25) is 0 Å². The summed E-state index contributed by atoms with van der Waals surface area (Å²) in [6, 6.07) is 9.78. The van der Waals surface area contributed by atoms with Gasteiger partial charge in [-0.05, 0) is 30.5 Å². The van der Waals surface area contributed by atoms with Crippen molar-refractivity contribution in [3.63, 3.8) is 0 Å². The van der Waals surface area contributed by atoms with Crippen LogP contribution in [0, 0.1) is 0 Å². The number of hydrogen-bond acceptors (Lipinski definition) is 3. The van der Waals surface area contributed by atoms with Crippen LogP contribution in [0.4, 0.5) is 0 Å². The lowest BCUT2D eigenvalue weighted by molar-refractivity contribution is 0.554. The first-order chi connectivity index (χ1) is 10.0. The number of nitrogens with one attached hydrogen (secondary N) is 1. The SMILES string of the molecule is CNC(Cc1ccc(C(C)C)cc1)C1CSC(C)C(C)S1. The smallest absolute Gasteiger partial charge is 0.0298 e. The molecule has 0 spiro atoms. The van der Waals surface area contributed by atoms with Crippen LogP contribution in [0.25, 0.3) is 0 Å². The van der Waals surface area contributed by atoms with Gasteiger partial charge in [0.2, 0.25) is 0 Å². The first kappa shape index (κ1) is 17.2. The maximum atomic E-state index is 3.56. The molecule has 1 saturated heterocycles. The van der Waals surface area contributed by atoms with Crippen molar-refractivity contribution in [3.05, 3.63) is 35.4 Å². The molecular formula is C18H29NS2. The van der Waals surface area contributed by atoms with E-state index in [0.717, 1.165) is 22.2 Å². The van der Waals surface area contributed by atoms with Crippen molar-refractivity contribution < 1.29 is 0 Å². The second-order valence-electron chi connectivity index (χ2n) is 6.41. The molecule has 21 heavy (non-hydrogen) atoms. The molecule has 4 atom stereocenters. The van der Waals surface area contributed by atoms with E-state index in [1.165, 1.54) is 16.9 Å². The Bertz CT molecular complexity index is 429. The Morgan fingerprint density at radius 2 is 1.81 bits per heavy atom. The Morgan fingerprint density at radius 3 is 2.33 bits per heavy atom. The van der Waals surface area contributed by atoms with Crippen LogP contribution >= 0.6 is 23.5 Å². The topological polar surface area (TPSA) is 12.0 Å². The minimum absolute atomic E-state index is 0.572. The number of hydrogen-bond donors (Lipinski definition) is 1. The van der Waals surface area contributed by atoms with E-state index in [0.29, 0.717) is 12.0 Å². The van der Waals surface area contributed by atoms with Crippen molar-refractivity contribution in [2.24, 2.45) is 0 Å². The van der Waals surface area contributed by atoms with Gasteiger partial charge in [-0.3, -0.25) is 0 Å². The zero-order valence-electron chi connectivity index (χ0n) is 13.9. The third-order valence-corrected chi connectivity index (χ3v) is 8.05. The van der Waals surface area contributed by atoms with Gasteiger partial charge < -0.3 is 5.32 Å². The molecule has 118 valence electrons. The highest BCUT2D eigenvalue weighted by atomic mass is 32.2. The van der Waals surface area contributed by atoms with Crippen LogP contribution in [0.5, 0.6) is 0 Å². The van der Waals surface area contributed by atoms with Gasteiger partial charge >= 0.3 is 0 Å². The molecule has 3 heteroatoms. The molecule has 1 aliphatic heterocycles. The number of rotatable bonds is 5. The van der Waals surface area contributed by atoms with Crippen LogP contribution in [0.3, 0.4) is 0 Å². The van der Waals surface area contributed by atoms with Gasteiger partial charge in [-0.25, -0.2) is 0 Å². The van der Waals surface area contributed by atoms with E-state index >= 15 is 0 Å². The summed E-state index contributed by atoms with van der Waals surface area (Å²) in [5.41, 5.74) is 2.89. The molecule has 1 aromatic carbocycles. The molecule has 1 heterocycles. The van der Waals surface area contributed by atoms with E-state index in [2.05, 4.69) is 87.8 Å². The Balaban J connectivity index is 1.98. The van der Waals surface area contributed by atoms with E-state index in [1.807, 2.05) is 0 Å². The fourth-order valence-electron chi connectivity index (χ4n) is 2.73. The van der Waals surface area contributed by atoms with Gasteiger partial charge in [-0.1, -0.05) is 52.0 Å². The lowest BCUT2D eigenvalue weighted by Gasteiger charge is -2.36. The maximum Gasteiger partial charge on any atom is 0.0298 e. The van der Waals surface area contributed by atoms with Gasteiger partial charge in [0.1, 0.15) is 0 Å². The third-order valence-electron chi connectivity index (χ3n) is 4.50. The Labute approximate surface area is 139 Å². The molecular weight excluding hydrogens is 294 g/mol. The predicted octanol–water partition coefficient (Wildman–Crippen LogP) is 4.57. The summed E-state index contributed by atoms with van der Waals surface area (Å²) in [6.07, 6.45) is 1.13. The first-order valence-corrected chi connectivity index (χ1v) is 10.0. The first-order valence-electron chi connectivity index (χ1n) is 8.04. The van der Waals surface area contributed by atoms with Crippen LogP contribution < -0.4 is 5.32 Å². The predicted molar refractivity (Wildman–Crippen MR) is 99.8 cm³/mol. The molecule has 1 N–H and O–H groups in total. The zero-order chi connectivity index (χ0) is 15.4. The van der Waals surface area contributed by atoms with E-state index in [9.17, 15) is 0 Å². The van der Waals surface area contributed by atoms with Crippen LogP contribution in [0.1, 0.15) is 44.7 Å². The molecule has 1 fully saturated rings. The highest BCUT2D eigenvalue weighted by Crippen LogP contribution is 2.37. The van der Waals surface area contributed by atoms with E-state index < -0.39 is 0 Å². The molecule has 1 aliphatic rings. The van der Waals surface area contributed by atoms with Crippen LogP contribution in [0.15, 0.2) is 24.3 Å². The van der Waals surface area contributed by atoms with Crippen molar-refractivity contribution in [3.8, 4) is 0 Å². The lowest BCUT2D eigenvalue weighted by atomic mass is 9.98. The molecule has 4 unspecified atom stereocenters. The van der Waals surface area contributed by atoms with Crippen LogP contribution in [-0.2, 0) is 6.42 Å². The Morgan fingerprint density at radius 1 is 1.14 bits per heavy atom. The summed E-state index contributed by atoms with van der Waals surface area (Å²) in [6.45, 7) is 9.24. The second kappa shape index (κ2) is 7.94. The summed E-state index contributed by atoms with van der Waals surface area (Å²) in [4.78, 5) is 0.